The van der Waals surface area contributed by atoms with Gasteiger partial charge in [0.05, 0.1) is 10.6 Å². The van der Waals surface area contributed by atoms with Crippen LogP contribution in [0.3, 0.4) is 0 Å². The number of nitrogens with zero attached hydrogens (tertiary/aromatic N) is 3. The van der Waals surface area contributed by atoms with Crippen LogP contribution in [-0.2, 0) is 10.4 Å². The highest BCUT2D eigenvalue weighted by atomic mass is 35.5. The summed E-state index contributed by atoms with van der Waals surface area (Å²) in [6.45, 7) is 0. The van der Waals surface area contributed by atoms with Crippen molar-refractivity contribution in [2.24, 2.45) is 5.16 Å². The molecule has 0 aromatic heterocycles. The third-order valence-corrected chi connectivity index (χ3v) is 4.60. The Morgan fingerprint density at radius 2 is 1.86 bits per heavy atom. The third-order valence-electron chi connectivity index (χ3n) is 4.16. The first-order valence-corrected chi connectivity index (χ1v) is 8.30. The molecule has 1 heterocycles. The first-order valence-electron chi connectivity index (χ1n) is 7.54. The number of benzene rings is 2. The van der Waals surface area contributed by atoms with Crippen molar-refractivity contribution in [3.8, 4) is 6.07 Å². The van der Waals surface area contributed by atoms with Crippen molar-refractivity contribution in [3.63, 3.8) is 0 Å². The highest BCUT2D eigenvalue weighted by molar-refractivity contribution is 6.34. The van der Waals surface area contributed by atoms with E-state index in [1.54, 1.807) is 6.07 Å². The van der Waals surface area contributed by atoms with E-state index in [4.69, 9.17) is 33.3 Å². The molecule has 2 aromatic carbocycles. The van der Waals surface area contributed by atoms with Crippen LogP contribution in [0.15, 0.2) is 41.6 Å². The van der Waals surface area contributed by atoms with Crippen LogP contribution in [0, 0.1) is 21.4 Å². The first-order chi connectivity index (χ1) is 13.1. The van der Waals surface area contributed by atoms with Gasteiger partial charge < -0.3 is 4.84 Å². The molecule has 0 N–H and O–H groups in total. The molecule has 0 aliphatic carbocycles. The molecule has 2 aromatic rings. The molecule has 1 aliphatic heterocycles. The van der Waals surface area contributed by atoms with Crippen molar-refractivity contribution in [2.75, 3.05) is 0 Å². The summed E-state index contributed by atoms with van der Waals surface area (Å²) >= 11 is 11.7. The topological polar surface area (TPSA) is 88.5 Å². The fourth-order valence-corrected chi connectivity index (χ4v) is 3.33. The number of oxime groups is 1. The van der Waals surface area contributed by atoms with Crippen molar-refractivity contribution < 1.29 is 22.9 Å². The van der Waals surface area contributed by atoms with Gasteiger partial charge in [0, 0.05) is 33.7 Å². The number of hydrogen-bond acceptors (Lipinski definition) is 5. The Morgan fingerprint density at radius 1 is 1.21 bits per heavy atom. The molecule has 144 valence electrons. The fourth-order valence-electron chi connectivity index (χ4n) is 2.80. The predicted octanol–water partition coefficient (Wildman–Crippen LogP) is 5.36. The monoisotopic (exact) mass is 429 g/mol. The van der Waals surface area contributed by atoms with E-state index in [-0.39, 0.29) is 32.4 Å². The standard InChI is InChI=1S/C17H8Cl2F3N3O3/c18-12-4-11(5-13(19)6-12)16(17(20,21)22)7-14(24-28-16)9-1-2-10(8-23)15(3-9)25(26)27/h1-6H,7H2. The molecule has 28 heavy (non-hydrogen) atoms. The molecule has 0 fully saturated rings. The maximum atomic E-state index is 13.9. The Balaban J connectivity index is 2.06. The summed E-state index contributed by atoms with van der Waals surface area (Å²) in [5.74, 6) is 0. The smallest absolute Gasteiger partial charge is 0.374 e. The van der Waals surface area contributed by atoms with E-state index in [0.29, 0.717) is 0 Å². The Hall–Kier alpha value is -2.83. The molecule has 6 nitrogen and oxygen atoms in total. The summed E-state index contributed by atoms with van der Waals surface area (Å²) in [5.41, 5.74) is -4.10. The summed E-state index contributed by atoms with van der Waals surface area (Å²) in [4.78, 5) is 15.1. The van der Waals surface area contributed by atoms with Crippen LogP contribution in [-0.4, -0.2) is 16.8 Å². The van der Waals surface area contributed by atoms with Crippen LogP contribution < -0.4 is 0 Å². The van der Waals surface area contributed by atoms with Crippen LogP contribution in [0.25, 0.3) is 0 Å². The van der Waals surface area contributed by atoms with Gasteiger partial charge in [-0.1, -0.05) is 34.4 Å². The van der Waals surface area contributed by atoms with Crippen LogP contribution >= 0.6 is 23.2 Å². The second-order valence-electron chi connectivity index (χ2n) is 5.89. The molecule has 3 rings (SSSR count). The van der Waals surface area contributed by atoms with Gasteiger partial charge in [0.1, 0.15) is 11.6 Å². The highest BCUT2D eigenvalue weighted by Gasteiger charge is 2.62. The molecule has 1 aliphatic rings. The largest absolute Gasteiger partial charge is 0.435 e. The lowest BCUT2D eigenvalue weighted by molar-refractivity contribution is -0.385. The lowest BCUT2D eigenvalue weighted by Crippen LogP contribution is -2.42. The molecule has 0 saturated carbocycles. The Bertz CT molecular complexity index is 1030. The van der Waals surface area contributed by atoms with E-state index in [0.717, 1.165) is 24.3 Å². The average molecular weight is 430 g/mol. The lowest BCUT2D eigenvalue weighted by Gasteiger charge is -2.29. The Morgan fingerprint density at radius 3 is 2.39 bits per heavy atom. The quantitative estimate of drug-likeness (QED) is 0.485. The molecule has 0 bridgehead atoms. The molecule has 0 spiro atoms. The minimum Gasteiger partial charge on any atom is -0.374 e. The van der Waals surface area contributed by atoms with Crippen LogP contribution in [0.5, 0.6) is 0 Å². The number of alkyl halides is 3. The summed E-state index contributed by atoms with van der Waals surface area (Å²) in [6.07, 6.45) is -5.64. The molecule has 1 atom stereocenters. The van der Waals surface area contributed by atoms with E-state index >= 15 is 0 Å². The number of hydrogen-bond donors (Lipinski definition) is 0. The van der Waals surface area contributed by atoms with Gasteiger partial charge in [-0.2, -0.15) is 18.4 Å². The van der Waals surface area contributed by atoms with Gasteiger partial charge in [0.2, 0.25) is 0 Å². The molecule has 0 amide bonds. The SMILES string of the molecule is N#Cc1ccc(C2=NOC(c3cc(Cl)cc(Cl)c3)(C(F)(F)F)C2)cc1[N+](=O)[O-]. The lowest BCUT2D eigenvalue weighted by atomic mass is 9.86. The average Bonchev–Trinajstić information content (AvgIpc) is 3.07. The zero-order valence-corrected chi connectivity index (χ0v) is 15.1. The zero-order chi connectivity index (χ0) is 20.7. The second-order valence-corrected chi connectivity index (χ2v) is 6.76. The molecule has 1 unspecified atom stereocenters. The number of nitriles is 1. The second kappa shape index (κ2) is 6.96. The van der Waals surface area contributed by atoms with Gasteiger partial charge in [-0.3, -0.25) is 10.1 Å². The van der Waals surface area contributed by atoms with Gasteiger partial charge in [-0.15, -0.1) is 0 Å². The van der Waals surface area contributed by atoms with Crippen molar-refractivity contribution in [3.05, 3.63) is 73.2 Å². The first kappa shape index (κ1) is 19.9. The van der Waals surface area contributed by atoms with E-state index in [9.17, 15) is 23.3 Å². The summed E-state index contributed by atoms with van der Waals surface area (Å²) < 4.78 is 41.8. The number of rotatable bonds is 3. The molecular weight excluding hydrogens is 422 g/mol. The van der Waals surface area contributed by atoms with E-state index in [1.807, 2.05) is 0 Å². The van der Waals surface area contributed by atoms with Crippen molar-refractivity contribution >= 4 is 34.6 Å². The van der Waals surface area contributed by atoms with E-state index in [2.05, 4.69) is 5.16 Å². The van der Waals surface area contributed by atoms with E-state index in [1.165, 1.54) is 12.1 Å². The summed E-state index contributed by atoms with van der Waals surface area (Å²) in [7, 11) is 0. The maximum absolute atomic E-state index is 13.9. The molecule has 0 saturated heterocycles. The Kier molecular flexibility index (Phi) is 4.95. The highest BCUT2D eigenvalue weighted by Crippen LogP contribution is 2.49. The van der Waals surface area contributed by atoms with Gasteiger partial charge in [-0.25, -0.2) is 0 Å². The summed E-state index contributed by atoms with van der Waals surface area (Å²) in [6, 6.07) is 8.46. The minimum atomic E-state index is -4.88. The predicted molar refractivity (Wildman–Crippen MR) is 94.2 cm³/mol. The number of halogens is 5. The third kappa shape index (κ3) is 3.37. The number of nitro groups is 1. The molecule has 11 heteroatoms. The van der Waals surface area contributed by atoms with Gasteiger partial charge in [0.25, 0.3) is 11.3 Å². The van der Waals surface area contributed by atoms with Crippen molar-refractivity contribution in [1.82, 2.24) is 0 Å². The van der Waals surface area contributed by atoms with Gasteiger partial charge in [-0.05, 0) is 24.3 Å². The summed E-state index contributed by atoms with van der Waals surface area (Å²) in [5, 5.41) is 23.5. The van der Waals surface area contributed by atoms with E-state index < -0.39 is 28.8 Å². The number of nitro benzene ring substituents is 1. The van der Waals surface area contributed by atoms with Crippen LogP contribution in [0.2, 0.25) is 10.0 Å². The van der Waals surface area contributed by atoms with Crippen molar-refractivity contribution in [2.45, 2.75) is 18.2 Å². The molecular formula is C17H8Cl2F3N3O3. The van der Waals surface area contributed by atoms with Gasteiger partial charge in [0.15, 0.2) is 0 Å². The normalized spacial score (nSPS) is 18.9. The van der Waals surface area contributed by atoms with Crippen molar-refractivity contribution in [1.29, 1.82) is 5.26 Å². The maximum Gasteiger partial charge on any atom is 0.435 e. The zero-order valence-electron chi connectivity index (χ0n) is 13.6. The minimum absolute atomic E-state index is 0.0165. The van der Waals surface area contributed by atoms with Gasteiger partial charge >= 0.3 is 6.18 Å². The van der Waals surface area contributed by atoms with Crippen LogP contribution in [0.1, 0.15) is 23.1 Å². The fraction of sp³-hybridized carbons (Fsp3) is 0.176. The Labute approximate surface area is 165 Å². The molecule has 0 radical (unpaired) electrons. The van der Waals surface area contributed by atoms with Crippen LogP contribution in [0.4, 0.5) is 18.9 Å².